The maximum Gasteiger partial charge on any atom is 0.268 e. The number of hydrazine groups is 1. The van der Waals surface area contributed by atoms with Gasteiger partial charge in [0.05, 0.1) is 10.5 Å². The minimum Gasteiger partial charge on any atom is -0.360 e. The first-order valence-corrected chi connectivity index (χ1v) is 8.19. The molecule has 2 aromatic carbocycles. The van der Waals surface area contributed by atoms with Gasteiger partial charge in [-0.3, -0.25) is 10.2 Å². The topological polar surface area (TPSA) is 91.1 Å². The van der Waals surface area contributed by atoms with Crippen molar-refractivity contribution in [2.24, 2.45) is 0 Å². The Balaban J connectivity index is 1.79. The molecule has 3 aromatic rings. The molecule has 0 saturated carbocycles. The van der Waals surface area contributed by atoms with E-state index in [4.69, 9.17) is 0 Å². The highest BCUT2D eigenvalue weighted by Crippen LogP contribution is 2.19. The summed E-state index contributed by atoms with van der Waals surface area (Å²) in [6.45, 7) is 0. The maximum absolute atomic E-state index is 13.3. The van der Waals surface area contributed by atoms with Crippen LogP contribution in [0.5, 0.6) is 0 Å². The summed E-state index contributed by atoms with van der Waals surface area (Å²) in [4.78, 5) is 16.6. The van der Waals surface area contributed by atoms with Crippen molar-refractivity contribution < 1.29 is 22.0 Å². The summed E-state index contributed by atoms with van der Waals surface area (Å²) >= 11 is 0. The van der Waals surface area contributed by atoms with Crippen molar-refractivity contribution in [3.8, 4) is 0 Å². The van der Waals surface area contributed by atoms with E-state index in [9.17, 15) is 22.0 Å². The number of aromatic nitrogens is 1. The largest absolute Gasteiger partial charge is 0.360 e. The van der Waals surface area contributed by atoms with Crippen LogP contribution in [0, 0.1) is 11.6 Å². The lowest BCUT2D eigenvalue weighted by molar-refractivity contribution is 0.0947. The van der Waals surface area contributed by atoms with Crippen molar-refractivity contribution in [3.05, 3.63) is 65.9 Å². The van der Waals surface area contributed by atoms with Gasteiger partial charge in [-0.15, -0.1) is 4.83 Å². The number of H-pyrrole nitrogens is 1. The van der Waals surface area contributed by atoms with Gasteiger partial charge in [0.25, 0.3) is 15.9 Å². The summed E-state index contributed by atoms with van der Waals surface area (Å²) in [5.41, 5.74) is 2.64. The van der Waals surface area contributed by atoms with Crippen LogP contribution in [-0.4, -0.2) is 19.3 Å². The summed E-state index contributed by atoms with van der Waals surface area (Å²) in [5.74, 6) is -1.88. The minimum absolute atomic E-state index is 0.0753. The number of benzene rings is 2. The van der Waals surface area contributed by atoms with Crippen LogP contribution in [0.15, 0.2) is 53.6 Å². The molecule has 0 spiro atoms. The van der Waals surface area contributed by atoms with Gasteiger partial charge in [-0.05, 0) is 42.5 Å². The normalized spacial score (nSPS) is 11.6. The summed E-state index contributed by atoms with van der Waals surface area (Å²) in [6, 6.07) is 7.95. The van der Waals surface area contributed by atoms with Crippen LogP contribution < -0.4 is 10.3 Å². The fraction of sp³-hybridized carbons (Fsp3) is 0. The molecule has 124 valence electrons. The van der Waals surface area contributed by atoms with Crippen LogP contribution in [0.25, 0.3) is 10.9 Å². The molecule has 24 heavy (non-hydrogen) atoms. The van der Waals surface area contributed by atoms with Crippen LogP contribution >= 0.6 is 0 Å². The van der Waals surface area contributed by atoms with E-state index in [1.165, 1.54) is 18.3 Å². The second-order valence-corrected chi connectivity index (χ2v) is 6.59. The van der Waals surface area contributed by atoms with Crippen molar-refractivity contribution in [2.45, 2.75) is 4.90 Å². The van der Waals surface area contributed by atoms with Gasteiger partial charge in [0.2, 0.25) is 0 Å². The smallest absolute Gasteiger partial charge is 0.268 e. The molecule has 1 amide bonds. The Morgan fingerprint density at radius 1 is 1.00 bits per heavy atom. The van der Waals surface area contributed by atoms with Crippen molar-refractivity contribution in [1.82, 2.24) is 15.2 Å². The number of amides is 1. The van der Waals surface area contributed by atoms with Crippen LogP contribution in [0.2, 0.25) is 0 Å². The number of hydrogen-bond acceptors (Lipinski definition) is 3. The monoisotopic (exact) mass is 351 g/mol. The zero-order valence-electron chi connectivity index (χ0n) is 12.0. The first-order valence-electron chi connectivity index (χ1n) is 6.71. The molecule has 6 nitrogen and oxygen atoms in total. The third-order valence-electron chi connectivity index (χ3n) is 3.31. The average molecular weight is 351 g/mol. The van der Waals surface area contributed by atoms with E-state index in [1.54, 1.807) is 0 Å². The highest BCUT2D eigenvalue weighted by molar-refractivity contribution is 7.89. The third kappa shape index (κ3) is 3.12. The van der Waals surface area contributed by atoms with E-state index in [-0.39, 0.29) is 10.5 Å². The standard InChI is InChI=1S/C15H11F2N3O3S/c16-9-1-4-11(5-2-9)24(22,23)20-19-15(21)13-8-18-14-6-3-10(17)7-12(13)14/h1-8,18,20H,(H,19,21). The quantitative estimate of drug-likeness (QED) is 0.629. The van der Waals surface area contributed by atoms with E-state index in [0.29, 0.717) is 10.9 Å². The van der Waals surface area contributed by atoms with Gasteiger partial charge in [0, 0.05) is 17.1 Å². The fourth-order valence-corrected chi connectivity index (χ4v) is 2.97. The molecular weight excluding hydrogens is 340 g/mol. The first-order chi connectivity index (χ1) is 11.4. The lowest BCUT2D eigenvalue weighted by Gasteiger charge is -2.08. The molecule has 3 N–H and O–H groups in total. The second-order valence-electron chi connectivity index (χ2n) is 4.91. The Labute approximate surface area is 135 Å². The molecule has 0 atom stereocenters. The number of rotatable bonds is 4. The molecule has 0 radical (unpaired) electrons. The highest BCUT2D eigenvalue weighted by Gasteiger charge is 2.17. The molecular formula is C15H11F2N3O3S. The number of nitrogens with one attached hydrogen (secondary N) is 3. The average Bonchev–Trinajstić information content (AvgIpc) is 2.96. The Kier molecular flexibility index (Phi) is 4.04. The molecule has 0 fully saturated rings. The Morgan fingerprint density at radius 2 is 1.67 bits per heavy atom. The molecule has 3 rings (SSSR count). The van der Waals surface area contributed by atoms with Crippen molar-refractivity contribution >= 4 is 26.8 Å². The van der Waals surface area contributed by atoms with E-state index < -0.39 is 27.6 Å². The summed E-state index contributed by atoms with van der Waals surface area (Å²) in [5, 5.41) is 0.313. The molecule has 0 unspecified atom stereocenters. The molecule has 1 heterocycles. The molecule has 1 aromatic heterocycles. The number of hydrogen-bond donors (Lipinski definition) is 3. The minimum atomic E-state index is -4.06. The fourth-order valence-electron chi connectivity index (χ4n) is 2.13. The number of halogens is 2. The lowest BCUT2D eigenvalue weighted by Crippen LogP contribution is -2.41. The SMILES string of the molecule is O=C(NNS(=O)(=O)c1ccc(F)cc1)c1c[nH]c2ccc(F)cc12. The van der Waals surface area contributed by atoms with E-state index >= 15 is 0 Å². The Hall–Kier alpha value is -2.78. The summed E-state index contributed by atoms with van der Waals surface area (Å²) in [6.07, 6.45) is 1.34. The van der Waals surface area contributed by atoms with Gasteiger partial charge in [-0.25, -0.2) is 17.2 Å². The van der Waals surface area contributed by atoms with Gasteiger partial charge in [0.15, 0.2) is 0 Å². The molecule has 0 saturated heterocycles. The summed E-state index contributed by atoms with van der Waals surface area (Å²) < 4.78 is 50.2. The van der Waals surface area contributed by atoms with Crippen LogP contribution in [0.1, 0.15) is 10.4 Å². The predicted octanol–water partition coefficient (Wildman–Crippen LogP) is 2.07. The Bertz CT molecular complexity index is 1010. The highest BCUT2D eigenvalue weighted by atomic mass is 32.2. The maximum atomic E-state index is 13.3. The molecule has 0 aliphatic carbocycles. The van der Waals surface area contributed by atoms with E-state index in [0.717, 1.165) is 30.3 Å². The van der Waals surface area contributed by atoms with Gasteiger partial charge < -0.3 is 4.98 Å². The first kappa shape index (κ1) is 16.1. The zero-order valence-corrected chi connectivity index (χ0v) is 12.8. The van der Waals surface area contributed by atoms with Crippen LogP contribution in [0.4, 0.5) is 8.78 Å². The Morgan fingerprint density at radius 3 is 2.38 bits per heavy atom. The van der Waals surface area contributed by atoms with Crippen molar-refractivity contribution in [3.63, 3.8) is 0 Å². The number of fused-ring (bicyclic) bond motifs is 1. The van der Waals surface area contributed by atoms with E-state index in [2.05, 4.69) is 4.98 Å². The zero-order chi connectivity index (χ0) is 17.3. The number of carbonyl (C=O) groups excluding carboxylic acids is 1. The van der Waals surface area contributed by atoms with Crippen LogP contribution in [-0.2, 0) is 10.0 Å². The van der Waals surface area contributed by atoms with E-state index in [1.807, 2.05) is 10.3 Å². The predicted molar refractivity (Wildman–Crippen MR) is 82.4 cm³/mol. The molecule has 0 aliphatic rings. The van der Waals surface area contributed by atoms with Crippen molar-refractivity contribution in [1.29, 1.82) is 0 Å². The van der Waals surface area contributed by atoms with Gasteiger partial charge in [0.1, 0.15) is 11.6 Å². The van der Waals surface area contributed by atoms with Crippen LogP contribution in [0.3, 0.4) is 0 Å². The molecule has 0 aliphatic heterocycles. The van der Waals surface area contributed by atoms with Crippen molar-refractivity contribution in [2.75, 3.05) is 0 Å². The molecule has 0 bridgehead atoms. The lowest BCUT2D eigenvalue weighted by atomic mass is 10.1. The van der Waals surface area contributed by atoms with Gasteiger partial charge >= 0.3 is 0 Å². The van der Waals surface area contributed by atoms with Gasteiger partial charge in [-0.2, -0.15) is 0 Å². The number of sulfonamides is 1. The summed E-state index contributed by atoms with van der Waals surface area (Å²) in [7, 11) is -4.06. The molecule has 9 heteroatoms. The number of aromatic amines is 1. The number of carbonyl (C=O) groups is 1. The third-order valence-corrected chi connectivity index (χ3v) is 4.57. The van der Waals surface area contributed by atoms with Gasteiger partial charge in [-0.1, -0.05) is 0 Å². The second kappa shape index (κ2) is 6.02.